The van der Waals surface area contributed by atoms with Crippen LogP contribution in [-0.2, 0) is 0 Å². The highest BCUT2D eigenvalue weighted by Crippen LogP contribution is 2.40. The van der Waals surface area contributed by atoms with Gasteiger partial charge >= 0.3 is 0 Å². The van der Waals surface area contributed by atoms with Crippen molar-refractivity contribution in [2.45, 2.75) is 0 Å². The van der Waals surface area contributed by atoms with E-state index in [0.29, 0.717) is 0 Å². The molecule has 3 heterocycles. The van der Waals surface area contributed by atoms with E-state index in [9.17, 15) is 0 Å². The van der Waals surface area contributed by atoms with Crippen molar-refractivity contribution in [1.82, 2.24) is 9.13 Å². The molecule has 12 rings (SSSR count). The Bertz CT molecular complexity index is 3470. The molecule has 0 atom stereocenters. The van der Waals surface area contributed by atoms with Gasteiger partial charge in [-0.3, -0.25) is 0 Å². The van der Waals surface area contributed by atoms with E-state index in [4.69, 9.17) is 0 Å². The quantitative estimate of drug-likeness (QED) is 0.118. The van der Waals surface area contributed by atoms with Crippen LogP contribution in [0, 0.1) is 0 Å². The van der Waals surface area contributed by atoms with Gasteiger partial charge in [-0.2, -0.15) is 0 Å². The summed E-state index contributed by atoms with van der Waals surface area (Å²) < 4.78 is 7.65. The third kappa shape index (κ3) is 4.70. The summed E-state index contributed by atoms with van der Waals surface area (Å²) in [5.74, 6) is 0. The maximum atomic E-state index is 2.54. The Hall–Kier alpha value is -6.98. The molecule has 0 radical (unpaired) electrons. The zero-order chi connectivity index (χ0) is 38.2. The van der Waals surface area contributed by atoms with Gasteiger partial charge in [0.1, 0.15) is 0 Å². The fraction of sp³-hybridized carbons (Fsp3) is 0. The lowest BCUT2D eigenvalue weighted by Gasteiger charge is -2.35. The molecule has 58 heavy (non-hydrogen) atoms. The Morgan fingerprint density at radius 1 is 0.345 bits per heavy atom. The van der Waals surface area contributed by atoms with Crippen molar-refractivity contribution in [3.05, 3.63) is 218 Å². The smallest absolute Gasteiger partial charge is 0.180 e. The van der Waals surface area contributed by atoms with Crippen LogP contribution in [0.5, 0.6) is 0 Å². The van der Waals surface area contributed by atoms with Gasteiger partial charge in [-0.1, -0.05) is 170 Å². The second-order valence-electron chi connectivity index (χ2n) is 15.2. The number of aromatic nitrogens is 2. The van der Waals surface area contributed by atoms with Crippen molar-refractivity contribution in [2.24, 2.45) is 0 Å². The third-order valence-electron chi connectivity index (χ3n) is 12.3. The fourth-order valence-electron chi connectivity index (χ4n) is 9.92. The SMILES string of the molecule is c1ccc(-n2c3ccccc3c3cccc(-n4c5ccccc5c5c([Si](c6ccccc6)(c6ccccc6)c6ccc7sc8ccccc8c7c6)cccc54)c32)cc1. The van der Waals surface area contributed by atoms with E-state index in [2.05, 4.69) is 228 Å². The van der Waals surface area contributed by atoms with E-state index in [-0.39, 0.29) is 0 Å². The largest absolute Gasteiger partial charge is 0.307 e. The molecule has 0 bridgehead atoms. The predicted octanol–water partition coefficient (Wildman–Crippen LogP) is 11.6. The molecule has 2 nitrogen and oxygen atoms in total. The average molecular weight is 773 g/mol. The summed E-state index contributed by atoms with van der Waals surface area (Å²) in [5.41, 5.74) is 7.13. The van der Waals surface area contributed by atoms with Crippen molar-refractivity contribution in [3.63, 3.8) is 0 Å². The first kappa shape index (κ1) is 33.2. The third-order valence-corrected chi connectivity index (χ3v) is 18.2. The number of nitrogens with zero attached hydrogens (tertiary/aromatic N) is 2. The van der Waals surface area contributed by atoms with Crippen LogP contribution in [0.25, 0.3) is 75.2 Å². The van der Waals surface area contributed by atoms with Crippen LogP contribution >= 0.6 is 11.3 Å². The molecule has 0 saturated carbocycles. The number of thiophene rings is 1. The van der Waals surface area contributed by atoms with Gasteiger partial charge < -0.3 is 9.13 Å². The van der Waals surface area contributed by atoms with E-state index in [1.807, 2.05) is 11.3 Å². The molecule has 12 aromatic rings. The van der Waals surface area contributed by atoms with Crippen molar-refractivity contribution >= 4 is 104 Å². The van der Waals surface area contributed by atoms with Gasteiger partial charge in [0.15, 0.2) is 8.07 Å². The second-order valence-corrected chi connectivity index (χ2v) is 20.1. The lowest BCUT2D eigenvalue weighted by Crippen LogP contribution is -2.74. The summed E-state index contributed by atoms with van der Waals surface area (Å²) in [4.78, 5) is 0. The summed E-state index contributed by atoms with van der Waals surface area (Å²) in [5, 5.41) is 13.2. The van der Waals surface area contributed by atoms with Crippen molar-refractivity contribution in [2.75, 3.05) is 0 Å². The summed E-state index contributed by atoms with van der Waals surface area (Å²) in [6, 6.07) is 81.6. The Kier molecular flexibility index (Phi) is 7.46. The maximum Gasteiger partial charge on any atom is 0.180 e. The molecule has 0 amide bonds. The van der Waals surface area contributed by atoms with Crippen LogP contribution in [0.3, 0.4) is 0 Å². The highest BCUT2D eigenvalue weighted by atomic mass is 32.1. The van der Waals surface area contributed by atoms with Crippen molar-refractivity contribution < 1.29 is 0 Å². The number of hydrogen-bond donors (Lipinski definition) is 0. The van der Waals surface area contributed by atoms with Gasteiger partial charge in [0, 0.05) is 47.4 Å². The number of benzene rings is 9. The molecule has 272 valence electrons. The minimum Gasteiger partial charge on any atom is -0.307 e. The van der Waals surface area contributed by atoms with Crippen LogP contribution in [-0.4, -0.2) is 17.2 Å². The molecule has 4 heteroatoms. The van der Waals surface area contributed by atoms with Crippen molar-refractivity contribution in [1.29, 1.82) is 0 Å². The Morgan fingerprint density at radius 3 is 1.64 bits per heavy atom. The number of hydrogen-bond acceptors (Lipinski definition) is 1. The van der Waals surface area contributed by atoms with Crippen LogP contribution < -0.4 is 20.7 Å². The van der Waals surface area contributed by atoms with Gasteiger partial charge in [0.05, 0.1) is 27.8 Å². The number of fused-ring (bicyclic) bond motifs is 9. The maximum absolute atomic E-state index is 3.00. The Morgan fingerprint density at radius 2 is 0.897 bits per heavy atom. The molecule has 0 fully saturated rings. The summed E-state index contributed by atoms with van der Waals surface area (Å²) in [6.07, 6.45) is 0. The molecular formula is C54H36N2SSi. The van der Waals surface area contributed by atoms with Gasteiger partial charge in [-0.05, 0) is 69.3 Å². The van der Waals surface area contributed by atoms with E-state index < -0.39 is 8.07 Å². The molecule has 9 aromatic carbocycles. The lowest BCUT2D eigenvalue weighted by molar-refractivity contribution is 1.13. The van der Waals surface area contributed by atoms with Gasteiger partial charge in [0.25, 0.3) is 0 Å². The van der Waals surface area contributed by atoms with Crippen molar-refractivity contribution in [3.8, 4) is 11.4 Å². The molecule has 0 saturated heterocycles. The number of rotatable bonds is 6. The molecule has 0 spiro atoms. The molecule has 0 unspecified atom stereocenters. The van der Waals surface area contributed by atoms with E-state index in [1.165, 1.54) is 90.2 Å². The monoisotopic (exact) mass is 772 g/mol. The molecule has 3 aromatic heterocycles. The standard InChI is InChI=1S/C54H36N2SSi/c1-4-18-37(19-5-1)55-46-28-13-10-24-41(46)43-27-16-31-49(54(43)55)56-47-29-14-11-26-44(47)53-48(56)30-17-33-52(53)58(38-20-6-2-7-21-38,39-22-8-3-9-23-39)40-34-35-51-45(36-40)42-25-12-15-32-50(42)57-51/h1-36H. The second kappa shape index (κ2) is 13.0. The molecule has 0 N–H and O–H groups in total. The highest BCUT2D eigenvalue weighted by molar-refractivity contribution is 7.26. The molecule has 0 aliphatic heterocycles. The van der Waals surface area contributed by atoms with Crippen LogP contribution in [0.1, 0.15) is 0 Å². The Balaban J connectivity index is 1.25. The average Bonchev–Trinajstić information content (AvgIpc) is 3.96. The zero-order valence-electron chi connectivity index (χ0n) is 31.6. The zero-order valence-corrected chi connectivity index (χ0v) is 33.4. The Labute approximate surface area is 341 Å². The predicted molar refractivity (Wildman–Crippen MR) is 252 cm³/mol. The molecule has 0 aliphatic rings. The summed E-state index contributed by atoms with van der Waals surface area (Å²) in [7, 11) is -3.00. The first-order valence-corrected chi connectivity index (χ1v) is 22.8. The molecular weight excluding hydrogens is 737 g/mol. The summed E-state index contributed by atoms with van der Waals surface area (Å²) in [6.45, 7) is 0. The fourth-order valence-corrected chi connectivity index (χ4v) is 16.0. The molecule has 0 aliphatic carbocycles. The van der Waals surface area contributed by atoms with Crippen LogP contribution in [0.4, 0.5) is 0 Å². The first-order chi connectivity index (χ1) is 28.8. The highest BCUT2D eigenvalue weighted by Gasteiger charge is 2.43. The van der Waals surface area contributed by atoms with E-state index in [1.54, 1.807) is 0 Å². The first-order valence-electron chi connectivity index (χ1n) is 19.9. The summed E-state index contributed by atoms with van der Waals surface area (Å²) >= 11 is 1.89. The van der Waals surface area contributed by atoms with Crippen LogP contribution in [0.15, 0.2) is 218 Å². The normalized spacial score (nSPS) is 12.1. The topological polar surface area (TPSA) is 9.86 Å². The van der Waals surface area contributed by atoms with Gasteiger partial charge in [0.2, 0.25) is 0 Å². The minimum absolute atomic E-state index is 1.15. The number of para-hydroxylation sites is 4. The van der Waals surface area contributed by atoms with Crippen LogP contribution in [0.2, 0.25) is 0 Å². The lowest BCUT2D eigenvalue weighted by atomic mass is 10.1. The van der Waals surface area contributed by atoms with Gasteiger partial charge in [-0.15, -0.1) is 11.3 Å². The van der Waals surface area contributed by atoms with E-state index in [0.717, 1.165) is 5.69 Å². The minimum atomic E-state index is -3.00. The van der Waals surface area contributed by atoms with Gasteiger partial charge in [-0.25, -0.2) is 0 Å². The van der Waals surface area contributed by atoms with E-state index >= 15 is 0 Å².